The van der Waals surface area contributed by atoms with Crippen LogP contribution in [0.25, 0.3) is 11.3 Å². The highest BCUT2D eigenvalue weighted by molar-refractivity contribution is 5.91. The molecule has 3 rings (SSSR count). The first-order chi connectivity index (χ1) is 15.3. The number of amides is 1. The zero-order valence-corrected chi connectivity index (χ0v) is 18.2. The number of nitrogens with zero attached hydrogens (tertiary/aromatic N) is 1. The second kappa shape index (κ2) is 10.6. The van der Waals surface area contributed by atoms with Crippen molar-refractivity contribution in [1.29, 1.82) is 0 Å². The van der Waals surface area contributed by atoms with Gasteiger partial charge < -0.3 is 20.1 Å². The van der Waals surface area contributed by atoms with Crippen molar-refractivity contribution in [2.24, 2.45) is 11.7 Å². The second-order valence-corrected chi connectivity index (χ2v) is 8.51. The molecule has 0 bridgehead atoms. The van der Waals surface area contributed by atoms with E-state index in [2.05, 4.69) is 4.74 Å². The minimum Gasteiger partial charge on any atom is -0.478 e. The van der Waals surface area contributed by atoms with E-state index in [1.54, 1.807) is 25.1 Å². The Kier molecular flexibility index (Phi) is 7.88. The number of halogens is 2. The quantitative estimate of drug-likeness (QED) is 0.499. The van der Waals surface area contributed by atoms with E-state index < -0.39 is 18.5 Å². The highest BCUT2D eigenvalue weighted by Crippen LogP contribution is 2.38. The van der Waals surface area contributed by atoms with Crippen LogP contribution in [0.5, 0.6) is 5.75 Å². The summed E-state index contributed by atoms with van der Waals surface area (Å²) in [4.78, 5) is 23.4. The fraction of sp³-hybridized carbons (Fsp3) is 0.500. The van der Waals surface area contributed by atoms with Crippen molar-refractivity contribution in [3.8, 4) is 17.0 Å². The predicted molar refractivity (Wildman–Crippen MR) is 117 cm³/mol. The highest BCUT2D eigenvalue weighted by atomic mass is 19.3. The summed E-state index contributed by atoms with van der Waals surface area (Å²) in [7, 11) is 0. The molecule has 1 aromatic carbocycles. The molecule has 1 amide bonds. The lowest BCUT2D eigenvalue weighted by Crippen LogP contribution is -2.21. The molecule has 6 nitrogen and oxygen atoms in total. The van der Waals surface area contributed by atoms with E-state index in [-0.39, 0.29) is 23.8 Å². The van der Waals surface area contributed by atoms with Crippen LogP contribution >= 0.6 is 0 Å². The Morgan fingerprint density at radius 1 is 1.19 bits per heavy atom. The van der Waals surface area contributed by atoms with Crippen LogP contribution in [0, 0.1) is 12.8 Å². The Morgan fingerprint density at radius 3 is 2.41 bits per heavy atom. The zero-order valence-electron chi connectivity index (χ0n) is 18.2. The average Bonchev–Trinajstić information content (AvgIpc) is 3.09. The van der Waals surface area contributed by atoms with Gasteiger partial charge in [0.05, 0.1) is 5.56 Å². The summed E-state index contributed by atoms with van der Waals surface area (Å²) in [6, 6.07) is 7.67. The maximum absolute atomic E-state index is 12.5. The maximum atomic E-state index is 12.5. The van der Waals surface area contributed by atoms with Gasteiger partial charge in [-0.05, 0) is 61.6 Å². The first-order valence-electron chi connectivity index (χ1n) is 11.0. The van der Waals surface area contributed by atoms with Crippen LogP contribution in [-0.2, 0) is 4.79 Å². The van der Waals surface area contributed by atoms with E-state index in [0.717, 1.165) is 19.3 Å². The summed E-state index contributed by atoms with van der Waals surface area (Å²) < 4.78 is 31.4. The molecule has 174 valence electrons. The second-order valence-electron chi connectivity index (χ2n) is 8.51. The number of carbonyl (C=O) groups excluding carboxylic acids is 1. The number of rotatable bonds is 10. The fourth-order valence-electron chi connectivity index (χ4n) is 4.81. The Bertz CT molecular complexity index is 934. The summed E-state index contributed by atoms with van der Waals surface area (Å²) in [5.41, 5.74) is 7.58. The largest absolute Gasteiger partial charge is 0.478 e. The molecule has 1 aliphatic rings. The topological polar surface area (TPSA) is 94.6 Å². The summed E-state index contributed by atoms with van der Waals surface area (Å²) in [5.74, 6) is -0.890. The average molecular weight is 449 g/mol. The summed E-state index contributed by atoms with van der Waals surface area (Å²) in [6.07, 6.45) is 7.38. The van der Waals surface area contributed by atoms with Gasteiger partial charge >= 0.3 is 12.6 Å². The molecule has 1 aliphatic carbocycles. The Morgan fingerprint density at radius 2 is 1.84 bits per heavy atom. The van der Waals surface area contributed by atoms with E-state index in [9.17, 15) is 23.5 Å². The van der Waals surface area contributed by atoms with E-state index in [4.69, 9.17) is 5.73 Å². The molecule has 2 aromatic rings. The lowest BCUT2D eigenvalue weighted by atomic mass is 9.83. The predicted octanol–water partition coefficient (Wildman–Crippen LogP) is 5.54. The molecule has 32 heavy (non-hydrogen) atoms. The number of benzene rings is 1. The van der Waals surface area contributed by atoms with E-state index in [1.807, 2.05) is 4.57 Å². The smallest absolute Gasteiger partial charge is 0.387 e. The molecule has 1 unspecified atom stereocenters. The monoisotopic (exact) mass is 448 g/mol. The molecule has 3 N–H and O–H groups in total. The van der Waals surface area contributed by atoms with Crippen molar-refractivity contribution in [2.75, 3.05) is 0 Å². The van der Waals surface area contributed by atoms with Crippen molar-refractivity contribution in [1.82, 2.24) is 4.57 Å². The van der Waals surface area contributed by atoms with Crippen molar-refractivity contribution in [2.45, 2.75) is 70.9 Å². The number of nitrogens with two attached hydrogens (primary N) is 1. The first-order valence-corrected chi connectivity index (χ1v) is 11.0. The number of aromatic carboxylic acids is 1. The number of aromatic nitrogens is 1. The molecule has 1 heterocycles. The lowest BCUT2D eigenvalue weighted by molar-refractivity contribution is -0.118. The SMILES string of the molecule is Cc1c(C(=O)O)cc(-c2ccc(OC(F)F)cc2)n1C(CCC(N)=O)CC1CCCCC1. The first kappa shape index (κ1) is 23.8. The van der Waals surface area contributed by atoms with Gasteiger partial charge in [0.25, 0.3) is 0 Å². The third-order valence-corrected chi connectivity index (χ3v) is 6.32. The normalized spacial score (nSPS) is 15.6. The third-order valence-electron chi connectivity index (χ3n) is 6.32. The molecule has 0 saturated heterocycles. The number of alkyl halides is 2. The van der Waals surface area contributed by atoms with Gasteiger partial charge in [0.1, 0.15) is 5.75 Å². The Labute approximate surface area is 186 Å². The maximum Gasteiger partial charge on any atom is 0.387 e. The van der Waals surface area contributed by atoms with E-state index in [1.165, 1.54) is 31.4 Å². The number of carboxylic acid groups (broad SMARTS) is 1. The summed E-state index contributed by atoms with van der Waals surface area (Å²) >= 11 is 0. The van der Waals surface area contributed by atoms with Crippen LogP contribution in [0.3, 0.4) is 0 Å². The summed E-state index contributed by atoms with van der Waals surface area (Å²) in [6.45, 7) is -1.15. The van der Waals surface area contributed by atoms with Crippen LogP contribution in [0.4, 0.5) is 8.78 Å². The van der Waals surface area contributed by atoms with Crippen LogP contribution in [-0.4, -0.2) is 28.2 Å². The van der Waals surface area contributed by atoms with Gasteiger partial charge in [-0.1, -0.05) is 32.1 Å². The molecule has 0 aliphatic heterocycles. The van der Waals surface area contributed by atoms with Gasteiger partial charge in [0, 0.05) is 23.9 Å². The molecule has 0 radical (unpaired) electrons. The minimum atomic E-state index is -2.92. The number of hydrogen-bond donors (Lipinski definition) is 2. The van der Waals surface area contributed by atoms with Gasteiger partial charge in [0.15, 0.2) is 0 Å². The molecule has 8 heteroatoms. The van der Waals surface area contributed by atoms with Crippen LogP contribution < -0.4 is 10.5 Å². The number of carbonyl (C=O) groups is 2. The number of ether oxygens (including phenoxy) is 1. The standard InChI is InChI=1S/C24H30F2N2O4/c1-15-20(23(30)31)14-21(17-7-10-19(11-8-17)32-24(25)26)28(15)18(9-12-22(27)29)13-16-5-3-2-4-6-16/h7-8,10-11,14,16,18,24H,2-6,9,12-13H2,1H3,(H2,27,29)(H,30,31). The molecule has 0 spiro atoms. The number of carboxylic acids is 1. The zero-order chi connectivity index (χ0) is 23.3. The molecule has 1 atom stereocenters. The van der Waals surface area contributed by atoms with E-state index >= 15 is 0 Å². The van der Waals surface area contributed by atoms with Gasteiger partial charge in [0.2, 0.25) is 5.91 Å². The molecule has 1 aromatic heterocycles. The van der Waals surface area contributed by atoms with E-state index in [0.29, 0.717) is 29.3 Å². The van der Waals surface area contributed by atoms with Crippen molar-refractivity contribution in [3.05, 3.63) is 41.6 Å². The summed E-state index contributed by atoms with van der Waals surface area (Å²) in [5, 5.41) is 9.72. The Hall–Kier alpha value is -2.90. The molecule has 1 saturated carbocycles. The molecular weight excluding hydrogens is 418 g/mol. The van der Waals surface area contributed by atoms with Crippen LogP contribution in [0.2, 0.25) is 0 Å². The lowest BCUT2D eigenvalue weighted by Gasteiger charge is -2.30. The molecule has 1 fully saturated rings. The Balaban J connectivity index is 2.01. The number of primary amides is 1. The number of hydrogen-bond acceptors (Lipinski definition) is 3. The van der Waals surface area contributed by atoms with Gasteiger partial charge in [-0.15, -0.1) is 0 Å². The van der Waals surface area contributed by atoms with Crippen LogP contribution in [0.15, 0.2) is 30.3 Å². The fourth-order valence-corrected chi connectivity index (χ4v) is 4.81. The third kappa shape index (κ3) is 5.87. The van der Waals surface area contributed by atoms with Crippen molar-refractivity contribution < 1.29 is 28.2 Å². The van der Waals surface area contributed by atoms with Gasteiger partial charge in [-0.2, -0.15) is 8.78 Å². The minimum absolute atomic E-state index is 0.0320. The van der Waals surface area contributed by atoms with Crippen molar-refractivity contribution in [3.63, 3.8) is 0 Å². The molecular formula is C24H30F2N2O4. The van der Waals surface area contributed by atoms with Gasteiger partial charge in [-0.3, -0.25) is 4.79 Å². The van der Waals surface area contributed by atoms with Gasteiger partial charge in [-0.25, -0.2) is 4.79 Å². The highest BCUT2D eigenvalue weighted by Gasteiger charge is 2.27. The van der Waals surface area contributed by atoms with Crippen molar-refractivity contribution >= 4 is 11.9 Å². The van der Waals surface area contributed by atoms with Crippen LogP contribution in [0.1, 0.15) is 73.5 Å².